The largest absolute Gasteiger partial charge is 0.318 e. The number of pyridine rings is 1. The van der Waals surface area contributed by atoms with Crippen LogP contribution in [-0.4, -0.2) is 20.6 Å². The van der Waals surface area contributed by atoms with Crippen molar-refractivity contribution >= 4 is 51.2 Å². The van der Waals surface area contributed by atoms with Gasteiger partial charge >= 0.3 is 0 Å². The fraction of sp³-hybridized carbons (Fsp3) is 0.0645. The number of hydrogen-bond donors (Lipinski definition) is 0. The Kier molecular flexibility index (Phi) is 5.94. The number of amides is 1. The summed E-state index contributed by atoms with van der Waals surface area (Å²) in [5.41, 5.74) is 6.83. The number of amidine groups is 1. The van der Waals surface area contributed by atoms with Gasteiger partial charge in [-0.15, -0.1) is 0 Å². The van der Waals surface area contributed by atoms with E-state index in [0.717, 1.165) is 44.9 Å². The summed E-state index contributed by atoms with van der Waals surface area (Å²) in [6, 6.07) is 31.8. The summed E-state index contributed by atoms with van der Waals surface area (Å²) in [6.45, 7) is 4.18. The van der Waals surface area contributed by atoms with Crippen molar-refractivity contribution in [3.8, 4) is 5.69 Å². The van der Waals surface area contributed by atoms with E-state index in [1.54, 1.807) is 4.90 Å². The summed E-state index contributed by atoms with van der Waals surface area (Å²) >= 11 is 1.40. The van der Waals surface area contributed by atoms with Crippen LogP contribution in [-0.2, 0) is 4.79 Å². The third kappa shape index (κ3) is 4.36. The fourth-order valence-electron chi connectivity index (χ4n) is 4.64. The number of nitrogens with zero attached hydrogens (tertiary/aromatic N) is 4. The molecule has 5 nitrogen and oxygen atoms in total. The average molecular weight is 501 g/mol. The van der Waals surface area contributed by atoms with Crippen LogP contribution in [0.25, 0.3) is 22.7 Å². The molecule has 6 rings (SSSR count). The van der Waals surface area contributed by atoms with Gasteiger partial charge in [-0.1, -0.05) is 42.5 Å². The van der Waals surface area contributed by atoms with Crippen molar-refractivity contribution in [3.63, 3.8) is 0 Å². The maximum absolute atomic E-state index is 13.7. The number of benzene rings is 3. The summed E-state index contributed by atoms with van der Waals surface area (Å²) in [4.78, 5) is 25.3. The maximum atomic E-state index is 13.7. The molecule has 3 aromatic carbocycles. The zero-order valence-corrected chi connectivity index (χ0v) is 21.3. The van der Waals surface area contributed by atoms with Gasteiger partial charge < -0.3 is 4.57 Å². The first-order chi connectivity index (χ1) is 18.1. The lowest BCUT2D eigenvalue weighted by atomic mass is 10.2. The first-order valence-electron chi connectivity index (χ1n) is 12.1. The number of carbonyl (C=O) groups is 1. The molecule has 1 amide bonds. The molecule has 0 spiro atoms. The quantitative estimate of drug-likeness (QED) is 0.241. The van der Waals surface area contributed by atoms with E-state index in [2.05, 4.69) is 47.7 Å². The van der Waals surface area contributed by atoms with E-state index in [-0.39, 0.29) is 5.91 Å². The number of aliphatic imine (C=N–C) groups is 1. The minimum absolute atomic E-state index is 0.0764. The number of aryl methyl sites for hydroxylation is 1. The second-order valence-corrected chi connectivity index (χ2v) is 9.87. The number of anilines is 1. The molecule has 3 heterocycles. The topological polar surface area (TPSA) is 50.5 Å². The first kappa shape index (κ1) is 23.0. The molecule has 1 fully saturated rings. The van der Waals surface area contributed by atoms with Crippen molar-refractivity contribution in [2.24, 2.45) is 4.99 Å². The van der Waals surface area contributed by atoms with Crippen molar-refractivity contribution in [2.75, 3.05) is 4.90 Å². The Labute approximate surface area is 219 Å². The van der Waals surface area contributed by atoms with Gasteiger partial charge in [0.15, 0.2) is 5.17 Å². The fourth-order valence-corrected chi connectivity index (χ4v) is 5.63. The Morgan fingerprint density at radius 1 is 0.838 bits per heavy atom. The zero-order valence-electron chi connectivity index (χ0n) is 20.5. The van der Waals surface area contributed by atoms with E-state index in [1.165, 1.54) is 11.8 Å². The van der Waals surface area contributed by atoms with Crippen LogP contribution in [0.15, 0.2) is 113 Å². The van der Waals surface area contributed by atoms with Gasteiger partial charge in [0.05, 0.1) is 21.8 Å². The van der Waals surface area contributed by atoms with Gasteiger partial charge in [0.25, 0.3) is 5.91 Å². The minimum Gasteiger partial charge on any atom is -0.318 e. The number of carbonyl (C=O) groups excluding carboxylic acids is 1. The molecule has 0 radical (unpaired) electrons. The summed E-state index contributed by atoms with van der Waals surface area (Å²) in [7, 11) is 0. The number of thioether (sulfide) groups is 1. The summed E-state index contributed by atoms with van der Waals surface area (Å²) < 4.78 is 2.22. The molecule has 0 N–H and O–H groups in total. The lowest BCUT2D eigenvalue weighted by molar-refractivity contribution is -0.113. The van der Waals surface area contributed by atoms with Crippen LogP contribution in [0.4, 0.5) is 11.4 Å². The standard InChI is InChI=1S/C31H24N4OS/c1-21-18-24(22(2)34(21)27-15-16-28-23(19-27)10-9-17-32-28)20-29-30(36)35(26-13-7-4-8-14-26)31(37-29)33-25-11-5-3-6-12-25/h3-20H,1-2H3/b29-20-,33-31?. The third-order valence-corrected chi connectivity index (χ3v) is 7.37. The number of hydrogen-bond acceptors (Lipinski definition) is 4. The highest BCUT2D eigenvalue weighted by atomic mass is 32.2. The second-order valence-electron chi connectivity index (χ2n) is 8.86. The molecule has 0 atom stereocenters. The van der Waals surface area contributed by atoms with E-state index >= 15 is 0 Å². The molecule has 1 saturated heterocycles. The number of rotatable bonds is 4. The van der Waals surface area contributed by atoms with Crippen LogP contribution in [0, 0.1) is 13.8 Å². The Bertz CT molecular complexity index is 1690. The molecule has 5 aromatic rings. The highest BCUT2D eigenvalue weighted by Crippen LogP contribution is 2.38. The number of aromatic nitrogens is 2. The average Bonchev–Trinajstić information content (AvgIpc) is 3.38. The minimum atomic E-state index is -0.0764. The van der Waals surface area contributed by atoms with Crippen molar-refractivity contribution < 1.29 is 4.79 Å². The molecule has 37 heavy (non-hydrogen) atoms. The van der Waals surface area contributed by atoms with Crippen molar-refractivity contribution in [1.82, 2.24) is 9.55 Å². The Hall–Kier alpha value is -4.42. The first-order valence-corrected chi connectivity index (χ1v) is 12.9. The van der Waals surface area contributed by atoms with Crippen molar-refractivity contribution in [1.29, 1.82) is 0 Å². The second kappa shape index (κ2) is 9.56. The van der Waals surface area contributed by atoms with E-state index < -0.39 is 0 Å². The Morgan fingerprint density at radius 2 is 1.59 bits per heavy atom. The van der Waals surface area contributed by atoms with E-state index in [4.69, 9.17) is 4.99 Å². The normalized spacial score (nSPS) is 15.8. The van der Waals surface area contributed by atoms with Crippen LogP contribution < -0.4 is 4.90 Å². The van der Waals surface area contributed by atoms with Gasteiger partial charge in [0, 0.05) is 28.7 Å². The van der Waals surface area contributed by atoms with Crippen LogP contribution in [0.5, 0.6) is 0 Å². The highest BCUT2D eigenvalue weighted by Gasteiger charge is 2.35. The predicted molar refractivity (Wildman–Crippen MR) is 154 cm³/mol. The van der Waals surface area contributed by atoms with E-state index in [0.29, 0.717) is 10.1 Å². The maximum Gasteiger partial charge on any atom is 0.271 e. The lowest BCUT2D eigenvalue weighted by Gasteiger charge is -2.15. The van der Waals surface area contributed by atoms with Crippen LogP contribution in [0.1, 0.15) is 17.0 Å². The van der Waals surface area contributed by atoms with Crippen LogP contribution in [0.2, 0.25) is 0 Å². The molecular formula is C31H24N4OS. The molecule has 2 aromatic heterocycles. The number of para-hydroxylation sites is 2. The van der Waals surface area contributed by atoms with Gasteiger partial charge in [-0.3, -0.25) is 14.7 Å². The van der Waals surface area contributed by atoms with Crippen LogP contribution in [0.3, 0.4) is 0 Å². The molecule has 0 saturated carbocycles. The van der Waals surface area contributed by atoms with E-state index in [9.17, 15) is 4.79 Å². The highest BCUT2D eigenvalue weighted by molar-refractivity contribution is 8.19. The smallest absolute Gasteiger partial charge is 0.271 e. The molecule has 0 bridgehead atoms. The molecule has 1 aliphatic rings. The summed E-state index contributed by atoms with van der Waals surface area (Å²) in [5, 5.41) is 1.73. The Morgan fingerprint density at radius 3 is 2.38 bits per heavy atom. The SMILES string of the molecule is Cc1cc(/C=C2\SC(=Nc3ccccc3)N(c3ccccc3)C2=O)c(C)n1-c1ccc2ncccc2c1. The zero-order chi connectivity index (χ0) is 25.4. The van der Waals surface area contributed by atoms with Crippen LogP contribution >= 0.6 is 11.8 Å². The molecule has 1 aliphatic heterocycles. The van der Waals surface area contributed by atoms with Crippen molar-refractivity contribution in [2.45, 2.75) is 13.8 Å². The van der Waals surface area contributed by atoms with Gasteiger partial charge in [-0.25, -0.2) is 4.99 Å². The third-order valence-electron chi connectivity index (χ3n) is 6.40. The predicted octanol–water partition coefficient (Wildman–Crippen LogP) is 7.45. The van der Waals surface area contributed by atoms with Gasteiger partial charge in [-0.05, 0) is 91.8 Å². The van der Waals surface area contributed by atoms with Crippen molar-refractivity contribution in [3.05, 3.63) is 125 Å². The van der Waals surface area contributed by atoms with Gasteiger partial charge in [0.1, 0.15) is 0 Å². The summed E-state index contributed by atoms with van der Waals surface area (Å²) in [6.07, 6.45) is 3.79. The van der Waals surface area contributed by atoms with Gasteiger partial charge in [-0.2, -0.15) is 0 Å². The molecule has 0 aliphatic carbocycles. The van der Waals surface area contributed by atoms with Gasteiger partial charge in [0.2, 0.25) is 0 Å². The monoisotopic (exact) mass is 500 g/mol. The summed E-state index contributed by atoms with van der Waals surface area (Å²) in [5.74, 6) is -0.0764. The molecular weight excluding hydrogens is 476 g/mol. The molecule has 0 unspecified atom stereocenters. The van der Waals surface area contributed by atoms with E-state index in [1.807, 2.05) is 85.1 Å². The Balaban J connectivity index is 1.41. The number of fused-ring (bicyclic) bond motifs is 1. The molecule has 180 valence electrons. The lowest BCUT2D eigenvalue weighted by Crippen LogP contribution is -2.28. The molecule has 6 heteroatoms.